The minimum atomic E-state index is -0.587. The molecule has 0 aromatic carbocycles. The van der Waals surface area contributed by atoms with Gasteiger partial charge in [-0.15, -0.1) is 0 Å². The van der Waals surface area contributed by atoms with Crippen LogP contribution >= 0.6 is 0 Å². The van der Waals surface area contributed by atoms with E-state index >= 15 is 0 Å². The second-order valence-corrected chi connectivity index (χ2v) is 4.40. The van der Waals surface area contributed by atoms with Crippen LogP contribution in [-0.4, -0.2) is 47.5 Å². The number of amides is 1. The van der Waals surface area contributed by atoms with Gasteiger partial charge in [-0.3, -0.25) is 9.69 Å². The number of amidine groups is 1. The molecule has 1 rings (SSSR count). The van der Waals surface area contributed by atoms with Crippen molar-refractivity contribution in [1.29, 1.82) is 0 Å². The first-order valence-corrected chi connectivity index (χ1v) is 6.09. The summed E-state index contributed by atoms with van der Waals surface area (Å²) in [6.07, 6.45) is 2.53. The molecule has 6 heteroatoms. The first-order chi connectivity index (χ1) is 8.10. The normalized spacial score (nSPS) is 18.2. The molecule has 0 aromatic rings. The largest absolute Gasteiger partial charge is 0.409 e. The molecule has 0 aromatic heterocycles. The van der Waals surface area contributed by atoms with E-state index in [2.05, 4.69) is 22.3 Å². The number of nitrogens with zero attached hydrogens (tertiary/aromatic N) is 2. The first-order valence-electron chi connectivity index (χ1n) is 6.09. The van der Waals surface area contributed by atoms with Gasteiger partial charge in [0.15, 0.2) is 5.84 Å². The van der Waals surface area contributed by atoms with Crippen LogP contribution in [0.1, 0.15) is 26.7 Å². The highest BCUT2D eigenvalue weighted by molar-refractivity contribution is 6.01. The monoisotopic (exact) mass is 242 g/mol. The SMILES string of the molecule is CCN(CCNC(=O)C(C)C(N)=NO)C1CC1. The molecular formula is C11H22N4O2. The lowest BCUT2D eigenvalue weighted by atomic mass is 10.1. The summed E-state index contributed by atoms with van der Waals surface area (Å²) in [5.74, 6) is -0.847. The maximum absolute atomic E-state index is 11.6. The molecule has 1 atom stereocenters. The van der Waals surface area contributed by atoms with Crippen molar-refractivity contribution in [2.75, 3.05) is 19.6 Å². The maximum Gasteiger partial charge on any atom is 0.230 e. The van der Waals surface area contributed by atoms with E-state index in [1.165, 1.54) is 12.8 Å². The molecule has 1 aliphatic rings. The number of carbonyl (C=O) groups is 1. The molecule has 1 saturated carbocycles. The van der Waals surface area contributed by atoms with Crippen molar-refractivity contribution in [2.24, 2.45) is 16.8 Å². The Hall–Kier alpha value is -1.30. The molecule has 4 N–H and O–H groups in total. The number of hydrogen-bond donors (Lipinski definition) is 3. The lowest BCUT2D eigenvalue weighted by Crippen LogP contribution is -2.41. The number of rotatable bonds is 7. The Kier molecular flexibility index (Phi) is 5.21. The van der Waals surface area contributed by atoms with Crippen molar-refractivity contribution in [1.82, 2.24) is 10.2 Å². The second-order valence-electron chi connectivity index (χ2n) is 4.40. The van der Waals surface area contributed by atoms with Gasteiger partial charge in [0.1, 0.15) is 0 Å². The highest BCUT2D eigenvalue weighted by Crippen LogP contribution is 2.25. The van der Waals surface area contributed by atoms with Gasteiger partial charge in [0, 0.05) is 19.1 Å². The summed E-state index contributed by atoms with van der Waals surface area (Å²) in [6, 6.07) is 0.707. The Balaban J connectivity index is 2.23. The summed E-state index contributed by atoms with van der Waals surface area (Å²) in [5.41, 5.74) is 5.36. The van der Waals surface area contributed by atoms with Crippen LogP contribution in [0.4, 0.5) is 0 Å². The molecule has 1 fully saturated rings. The van der Waals surface area contributed by atoms with Crippen molar-refractivity contribution in [3.8, 4) is 0 Å². The molecule has 0 saturated heterocycles. The molecule has 98 valence electrons. The molecule has 17 heavy (non-hydrogen) atoms. The predicted octanol–water partition coefficient (Wildman–Crippen LogP) is -0.0306. The fourth-order valence-corrected chi connectivity index (χ4v) is 1.74. The molecule has 0 spiro atoms. The van der Waals surface area contributed by atoms with Crippen LogP contribution in [0, 0.1) is 5.92 Å². The van der Waals surface area contributed by atoms with Crippen LogP contribution in [0.5, 0.6) is 0 Å². The lowest BCUT2D eigenvalue weighted by Gasteiger charge is -2.20. The van der Waals surface area contributed by atoms with Gasteiger partial charge in [-0.1, -0.05) is 12.1 Å². The Morgan fingerprint density at radius 2 is 2.29 bits per heavy atom. The quantitative estimate of drug-likeness (QED) is 0.253. The number of carbonyl (C=O) groups excluding carboxylic acids is 1. The Bertz CT molecular complexity index is 289. The number of oxime groups is 1. The topological polar surface area (TPSA) is 91.0 Å². The molecule has 1 aliphatic carbocycles. The van der Waals surface area contributed by atoms with Crippen LogP contribution in [0.2, 0.25) is 0 Å². The third kappa shape index (κ3) is 4.22. The van der Waals surface area contributed by atoms with E-state index in [0.29, 0.717) is 12.6 Å². The molecule has 0 heterocycles. The number of nitrogens with one attached hydrogen (secondary N) is 1. The zero-order valence-electron chi connectivity index (χ0n) is 10.5. The van der Waals surface area contributed by atoms with Gasteiger partial charge < -0.3 is 16.3 Å². The standard InChI is InChI=1S/C11H22N4O2/c1-3-15(9-4-5-9)7-6-13-11(16)8(2)10(12)14-17/h8-9,17H,3-7H2,1-2H3,(H2,12,14)(H,13,16). The summed E-state index contributed by atoms with van der Waals surface area (Å²) in [5, 5.41) is 14.1. The van der Waals surface area contributed by atoms with Crippen LogP contribution in [-0.2, 0) is 4.79 Å². The van der Waals surface area contributed by atoms with Crippen LogP contribution < -0.4 is 11.1 Å². The molecule has 0 radical (unpaired) electrons. The number of likely N-dealkylation sites (N-methyl/N-ethyl adjacent to an activating group) is 1. The van der Waals surface area contributed by atoms with Gasteiger partial charge in [-0.2, -0.15) is 0 Å². The summed E-state index contributed by atoms with van der Waals surface area (Å²) in [6.45, 7) is 6.21. The highest BCUT2D eigenvalue weighted by atomic mass is 16.4. The summed E-state index contributed by atoms with van der Waals surface area (Å²) in [7, 11) is 0. The van der Waals surface area contributed by atoms with Gasteiger partial charge in [-0.25, -0.2) is 0 Å². The van der Waals surface area contributed by atoms with Crippen molar-refractivity contribution >= 4 is 11.7 Å². The molecular weight excluding hydrogens is 220 g/mol. The number of nitrogens with two attached hydrogens (primary N) is 1. The van der Waals surface area contributed by atoms with Gasteiger partial charge in [0.2, 0.25) is 5.91 Å². The van der Waals surface area contributed by atoms with Gasteiger partial charge in [0.05, 0.1) is 5.92 Å². The second kappa shape index (κ2) is 6.44. The Labute approximate surface area is 102 Å². The van der Waals surface area contributed by atoms with Gasteiger partial charge in [0.25, 0.3) is 0 Å². The zero-order valence-corrected chi connectivity index (χ0v) is 10.5. The third-order valence-electron chi connectivity index (χ3n) is 3.12. The summed E-state index contributed by atoms with van der Waals surface area (Å²) < 4.78 is 0. The third-order valence-corrected chi connectivity index (χ3v) is 3.12. The zero-order chi connectivity index (χ0) is 12.8. The smallest absolute Gasteiger partial charge is 0.230 e. The average molecular weight is 242 g/mol. The fraction of sp³-hybridized carbons (Fsp3) is 0.818. The van der Waals surface area contributed by atoms with Crippen molar-refractivity contribution < 1.29 is 10.0 Å². The summed E-state index contributed by atoms with van der Waals surface area (Å²) in [4.78, 5) is 14.0. The van der Waals surface area contributed by atoms with E-state index in [9.17, 15) is 4.79 Å². The van der Waals surface area contributed by atoms with E-state index in [0.717, 1.165) is 13.1 Å². The summed E-state index contributed by atoms with van der Waals surface area (Å²) >= 11 is 0. The maximum atomic E-state index is 11.6. The van der Waals surface area contributed by atoms with E-state index in [-0.39, 0.29) is 11.7 Å². The fourth-order valence-electron chi connectivity index (χ4n) is 1.74. The highest BCUT2D eigenvalue weighted by Gasteiger charge is 2.27. The van der Waals surface area contributed by atoms with Gasteiger partial charge >= 0.3 is 0 Å². The minimum Gasteiger partial charge on any atom is -0.409 e. The van der Waals surface area contributed by atoms with Crippen molar-refractivity contribution in [3.05, 3.63) is 0 Å². The van der Waals surface area contributed by atoms with Crippen molar-refractivity contribution in [2.45, 2.75) is 32.7 Å². The molecule has 1 amide bonds. The number of hydrogen-bond acceptors (Lipinski definition) is 4. The Morgan fingerprint density at radius 1 is 1.65 bits per heavy atom. The lowest BCUT2D eigenvalue weighted by molar-refractivity contribution is -0.122. The average Bonchev–Trinajstić information content (AvgIpc) is 3.16. The molecule has 6 nitrogen and oxygen atoms in total. The molecule has 0 bridgehead atoms. The minimum absolute atomic E-state index is 0.0583. The van der Waals surface area contributed by atoms with Crippen molar-refractivity contribution in [3.63, 3.8) is 0 Å². The Morgan fingerprint density at radius 3 is 2.76 bits per heavy atom. The van der Waals surface area contributed by atoms with E-state index in [4.69, 9.17) is 10.9 Å². The van der Waals surface area contributed by atoms with Crippen LogP contribution in [0.15, 0.2) is 5.16 Å². The molecule has 1 unspecified atom stereocenters. The first kappa shape index (κ1) is 13.8. The molecule has 0 aliphatic heterocycles. The van der Waals surface area contributed by atoms with E-state index in [1.54, 1.807) is 6.92 Å². The predicted molar refractivity (Wildman–Crippen MR) is 65.9 cm³/mol. The van der Waals surface area contributed by atoms with E-state index in [1.807, 2.05) is 0 Å². The van der Waals surface area contributed by atoms with Crippen LogP contribution in [0.3, 0.4) is 0 Å². The van der Waals surface area contributed by atoms with E-state index < -0.39 is 5.92 Å². The van der Waals surface area contributed by atoms with Gasteiger partial charge in [-0.05, 0) is 26.3 Å². The van der Waals surface area contributed by atoms with Crippen LogP contribution in [0.25, 0.3) is 0 Å².